The second kappa shape index (κ2) is 12.0. The molecule has 0 aromatic heterocycles. The van der Waals surface area contributed by atoms with Crippen LogP contribution in [0.3, 0.4) is 0 Å². The molecule has 0 heterocycles. The maximum atomic E-state index is 12.3. The summed E-state index contributed by atoms with van der Waals surface area (Å²) in [5.41, 5.74) is 6.40. The number of amides is 3. The zero-order valence-electron chi connectivity index (χ0n) is 19.0. The minimum atomic E-state index is -0.890. The van der Waals surface area contributed by atoms with E-state index < -0.39 is 11.8 Å². The fourth-order valence-corrected chi connectivity index (χ4v) is 3.18. The molecule has 0 aliphatic rings. The normalized spacial score (nSPS) is 10.5. The molecule has 0 unspecified atom stereocenters. The highest BCUT2D eigenvalue weighted by atomic mass is 16.5. The number of nitrogens with zero attached hydrogens (tertiary/aromatic N) is 1. The van der Waals surface area contributed by atoms with Crippen LogP contribution in [-0.4, -0.2) is 30.5 Å². The minimum Gasteiger partial charge on any atom is -0.483 e. The lowest BCUT2D eigenvalue weighted by atomic mass is 10.1. The Morgan fingerprint density at radius 1 is 0.882 bits per heavy atom. The number of anilines is 1. The van der Waals surface area contributed by atoms with Gasteiger partial charge in [0.25, 0.3) is 5.91 Å². The van der Waals surface area contributed by atoms with E-state index >= 15 is 0 Å². The first-order valence-electron chi connectivity index (χ1n) is 10.7. The lowest BCUT2D eigenvalue weighted by Crippen LogP contribution is -2.37. The molecule has 0 radical (unpaired) electrons. The summed E-state index contributed by atoms with van der Waals surface area (Å²) in [7, 11) is 0. The van der Waals surface area contributed by atoms with Crippen LogP contribution in [0.1, 0.15) is 22.3 Å². The van der Waals surface area contributed by atoms with E-state index in [0.29, 0.717) is 17.0 Å². The van der Waals surface area contributed by atoms with E-state index in [2.05, 4.69) is 21.2 Å². The molecule has 0 spiro atoms. The van der Waals surface area contributed by atoms with Gasteiger partial charge in [0.1, 0.15) is 5.75 Å². The third kappa shape index (κ3) is 7.59. The van der Waals surface area contributed by atoms with Crippen LogP contribution >= 0.6 is 0 Å². The monoisotopic (exact) mass is 458 g/mol. The van der Waals surface area contributed by atoms with E-state index in [0.717, 1.165) is 16.7 Å². The van der Waals surface area contributed by atoms with Crippen LogP contribution in [0.4, 0.5) is 5.69 Å². The van der Waals surface area contributed by atoms with Crippen molar-refractivity contribution in [3.63, 3.8) is 0 Å². The molecule has 3 aromatic rings. The Bertz CT molecular complexity index is 1170. The predicted molar refractivity (Wildman–Crippen MR) is 131 cm³/mol. The van der Waals surface area contributed by atoms with Gasteiger partial charge in [0.15, 0.2) is 6.61 Å². The summed E-state index contributed by atoms with van der Waals surface area (Å²) in [6.45, 7) is 3.95. The maximum absolute atomic E-state index is 12.3. The Morgan fingerprint density at radius 2 is 1.56 bits per heavy atom. The summed E-state index contributed by atoms with van der Waals surface area (Å²) >= 11 is 0. The van der Waals surface area contributed by atoms with E-state index in [4.69, 9.17) is 4.74 Å². The third-order valence-electron chi connectivity index (χ3n) is 4.66. The summed E-state index contributed by atoms with van der Waals surface area (Å²) < 4.78 is 5.63. The molecule has 3 amide bonds. The number of rotatable bonds is 8. The number of hydrogen-bond acceptors (Lipinski definition) is 5. The molecule has 0 aliphatic carbocycles. The number of benzene rings is 3. The van der Waals surface area contributed by atoms with Gasteiger partial charge < -0.3 is 15.4 Å². The van der Waals surface area contributed by atoms with Crippen molar-refractivity contribution >= 4 is 29.6 Å². The fraction of sp³-hybridized carbons (Fsp3) is 0.154. The minimum absolute atomic E-state index is 0.202. The van der Waals surface area contributed by atoms with Gasteiger partial charge in [0.2, 0.25) is 0 Å². The van der Waals surface area contributed by atoms with Crippen LogP contribution in [0.2, 0.25) is 0 Å². The summed E-state index contributed by atoms with van der Waals surface area (Å²) in [5.74, 6) is -1.59. The lowest BCUT2D eigenvalue weighted by molar-refractivity contribution is -0.139. The van der Waals surface area contributed by atoms with Crippen LogP contribution in [0.25, 0.3) is 0 Å². The highest BCUT2D eigenvalue weighted by Crippen LogP contribution is 2.17. The van der Waals surface area contributed by atoms with Gasteiger partial charge in [-0.3, -0.25) is 14.4 Å². The Morgan fingerprint density at radius 3 is 2.29 bits per heavy atom. The quantitative estimate of drug-likeness (QED) is 0.274. The summed E-state index contributed by atoms with van der Waals surface area (Å²) in [4.78, 5) is 36.2. The molecule has 3 rings (SSSR count). The maximum Gasteiger partial charge on any atom is 0.329 e. The van der Waals surface area contributed by atoms with Gasteiger partial charge >= 0.3 is 11.8 Å². The zero-order valence-corrected chi connectivity index (χ0v) is 19.0. The Kier molecular flexibility index (Phi) is 8.51. The van der Waals surface area contributed by atoms with Crippen molar-refractivity contribution in [1.29, 1.82) is 0 Å². The highest BCUT2D eigenvalue weighted by molar-refractivity contribution is 6.35. The number of hydrazone groups is 1. The number of ether oxygens (including phenoxy) is 1. The molecule has 0 bridgehead atoms. The fourth-order valence-electron chi connectivity index (χ4n) is 3.18. The molecule has 174 valence electrons. The molecule has 8 heteroatoms. The van der Waals surface area contributed by atoms with E-state index in [1.54, 1.807) is 24.3 Å². The van der Waals surface area contributed by atoms with Crippen molar-refractivity contribution in [1.82, 2.24) is 10.7 Å². The first kappa shape index (κ1) is 24.2. The number of aryl methyl sites for hydroxylation is 2. The van der Waals surface area contributed by atoms with Crippen LogP contribution < -0.4 is 20.8 Å². The molecule has 0 saturated carbocycles. The van der Waals surface area contributed by atoms with Crippen molar-refractivity contribution in [2.75, 3.05) is 11.9 Å². The third-order valence-corrected chi connectivity index (χ3v) is 4.66. The first-order chi connectivity index (χ1) is 16.4. The van der Waals surface area contributed by atoms with Gasteiger partial charge in [-0.1, -0.05) is 48.5 Å². The van der Waals surface area contributed by atoms with Crippen molar-refractivity contribution in [3.05, 3.63) is 95.1 Å². The zero-order chi connectivity index (χ0) is 24.3. The Balaban J connectivity index is 1.50. The van der Waals surface area contributed by atoms with Gasteiger partial charge in [-0.2, -0.15) is 5.10 Å². The van der Waals surface area contributed by atoms with Gasteiger partial charge in [0.05, 0.1) is 6.21 Å². The van der Waals surface area contributed by atoms with Crippen molar-refractivity contribution in [2.45, 2.75) is 20.4 Å². The average molecular weight is 459 g/mol. The molecule has 8 nitrogen and oxygen atoms in total. The molecule has 34 heavy (non-hydrogen) atoms. The number of carbonyl (C=O) groups is 3. The van der Waals surface area contributed by atoms with E-state index in [1.165, 1.54) is 6.21 Å². The Labute approximate surface area is 198 Å². The molecule has 0 atom stereocenters. The van der Waals surface area contributed by atoms with Crippen LogP contribution in [0, 0.1) is 13.8 Å². The van der Waals surface area contributed by atoms with Crippen LogP contribution in [-0.2, 0) is 20.9 Å². The highest BCUT2D eigenvalue weighted by Gasteiger charge is 2.12. The van der Waals surface area contributed by atoms with Crippen LogP contribution in [0.5, 0.6) is 5.75 Å². The topological polar surface area (TPSA) is 109 Å². The molecular formula is C26H26N4O4. The summed E-state index contributed by atoms with van der Waals surface area (Å²) in [5, 5.41) is 9.16. The lowest BCUT2D eigenvalue weighted by Gasteiger charge is -2.10. The molecule has 3 N–H and O–H groups in total. The smallest absolute Gasteiger partial charge is 0.329 e. The average Bonchev–Trinajstić information content (AvgIpc) is 2.81. The standard InChI is InChI=1S/C26H26N4O4/c1-18-12-19(2)14-22(13-18)29-24(31)17-34-23-11-7-6-10-21(23)16-28-30-26(33)25(32)27-15-20-8-4-3-5-9-20/h3-14,16H,15,17H2,1-2H3,(H,27,32)(H,29,31)(H,30,33). The van der Waals surface area contributed by atoms with E-state index in [9.17, 15) is 14.4 Å². The summed E-state index contributed by atoms with van der Waals surface area (Å²) in [6, 6.07) is 21.9. The number of hydrogen-bond donors (Lipinski definition) is 3. The number of carbonyl (C=O) groups excluding carboxylic acids is 3. The first-order valence-corrected chi connectivity index (χ1v) is 10.7. The van der Waals surface area contributed by atoms with Crippen molar-refractivity contribution < 1.29 is 19.1 Å². The molecule has 0 saturated heterocycles. The Hall–Kier alpha value is -4.46. The van der Waals surface area contributed by atoms with Gasteiger partial charge in [-0.15, -0.1) is 0 Å². The molecular weight excluding hydrogens is 432 g/mol. The molecule has 0 aliphatic heterocycles. The van der Waals surface area contributed by atoms with Gasteiger partial charge in [-0.05, 0) is 54.8 Å². The van der Waals surface area contributed by atoms with Crippen molar-refractivity contribution in [3.8, 4) is 5.75 Å². The second-order valence-corrected chi connectivity index (χ2v) is 7.62. The molecule has 3 aromatic carbocycles. The SMILES string of the molecule is Cc1cc(C)cc(NC(=O)COc2ccccc2C=NNC(=O)C(=O)NCc2ccccc2)c1. The van der Waals surface area contributed by atoms with Gasteiger partial charge in [-0.25, -0.2) is 5.43 Å². The number of para-hydroxylation sites is 1. The van der Waals surface area contributed by atoms with Crippen LogP contribution in [0.15, 0.2) is 77.9 Å². The molecule has 0 fully saturated rings. The largest absolute Gasteiger partial charge is 0.483 e. The van der Waals surface area contributed by atoms with Crippen molar-refractivity contribution in [2.24, 2.45) is 5.10 Å². The van der Waals surface area contributed by atoms with E-state index in [-0.39, 0.29) is 19.1 Å². The summed E-state index contributed by atoms with van der Waals surface area (Å²) in [6.07, 6.45) is 1.35. The predicted octanol–water partition coefficient (Wildman–Crippen LogP) is 3.09. The number of nitrogens with one attached hydrogen (secondary N) is 3. The van der Waals surface area contributed by atoms with Gasteiger partial charge in [0, 0.05) is 17.8 Å². The van der Waals surface area contributed by atoms with E-state index in [1.807, 2.05) is 62.4 Å². The second-order valence-electron chi connectivity index (χ2n) is 7.62.